The van der Waals surface area contributed by atoms with Gasteiger partial charge in [-0.3, -0.25) is 5.14 Å². The molecule has 1 fully saturated rings. The lowest BCUT2D eigenvalue weighted by Gasteiger charge is -2.32. The first kappa shape index (κ1) is 20.7. The van der Waals surface area contributed by atoms with E-state index >= 15 is 0 Å². The number of pyridine rings is 1. The molecule has 0 aliphatic carbocycles. The van der Waals surface area contributed by atoms with Crippen LogP contribution in [0.3, 0.4) is 0 Å². The quantitative estimate of drug-likeness (QED) is 0.642. The van der Waals surface area contributed by atoms with Crippen LogP contribution in [0.15, 0.2) is 41.4 Å². The van der Waals surface area contributed by atoms with Gasteiger partial charge in [-0.1, -0.05) is 6.07 Å². The van der Waals surface area contributed by atoms with E-state index < -0.39 is 0 Å². The van der Waals surface area contributed by atoms with E-state index in [2.05, 4.69) is 48.7 Å². The smallest absolute Gasteiger partial charge is 0.409 e. The fourth-order valence-electron chi connectivity index (χ4n) is 3.94. The second kappa shape index (κ2) is 8.67. The number of morpholine rings is 1. The highest BCUT2D eigenvalue weighted by Crippen LogP contribution is 2.31. The maximum atomic E-state index is 12.0. The van der Waals surface area contributed by atoms with Crippen LogP contribution in [0, 0.1) is 13.8 Å². The highest BCUT2D eigenvalue weighted by Gasteiger charge is 2.27. The molecule has 1 aliphatic rings. The Morgan fingerprint density at radius 3 is 2.90 bits per heavy atom. The maximum Gasteiger partial charge on any atom is 0.409 e. The molecule has 1 aliphatic heterocycles. The Labute approximate surface area is 180 Å². The van der Waals surface area contributed by atoms with E-state index in [9.17, 15) is 4.79 Å². The SMILES string of the molecule is COC(=O)N1CCOC(Cc2c(-c3ccc(SN)cc3C)nc3cc(C)ccn23)C1. The van der Waals surface area contributed by atoms with Crippen molar-refractivity contribution in [3.05, 3.63) is 53.3 Å². The zero-order valence-electron chi connectivity index (χ0n) is 17.4. The molecule has 1 aromatic carbocycles. The van der Waals surface area contributed by atoms with Gasteiger partial charge in [0.1, 0.15) is 5.65 Å². The number of ether oxygens (including phenoxy) is 2. The van der Waals surface area contributed by atoms with Crippen LogP contribution in [0.2, 0.25) is 0 Å². The van der Waals surface area contributed by atoms with Gasteiger partial charge in [0.15, 0.2) is 0 Å². The third-order valence-corrected chi connectivity index (χ3v) is 5.99. The van der Waals surface area contributed by atoms with Crippen LogP contribution in [0.4, 0.5) is 4.79 Å². The molecular weight excluding hydrogens is 400 g/mol. The van der Waals surface area contributed by atoms with Gasteiger partial charge in [-0.05, 0) is 61.2 Å². The summed E-state index contributed by atoms with van der Waals surface area (Å²) < 4.78 is 13.0. The van der Waals surface area contributed by atoms with Crippen molar-refractivity contribution in [3.63, 3.8) is 0 Å². The highest BCUT2D eigenvalue weighted by atomic mass is 32.2. The minimum Gasteiger partial charge on any atom is -0.453 e. The number of amides is 1. The van der Waals surface area contributed by atoms with Crippen molar-refractivity contribution in [3.8, 4) is 11.3 Å². The number of nitrogens with two attached hydrogens (primary N) is 1. The second-order valence-electron chi connectivity index (χ2n) is 7.55. The minimum absolute atomic E-state index is 0.128. The van der Waals surface area contributed by atoms with Crippen LogP contribution < -0.4 is 5.14 Å². The van der Waals surface area contributed by atoms with Crippen molar-refractivity contribution >= 4 is 23.7 Å². The van der Waals surface area contributed by atoms with Crippen LogP contribution in [0.1, 0.15) is 16.8 Å². The first-order chi connectivity index (χ1) is 14.5. The van der Waals surface area contributed by atoms with Crippen LogP contribution in [-0.2, 0) is 15.9 Å². The molecule has 2 N–H and O–H groups in total. The third-order valence-electron chi connectivity index (χ3n) is 5.46. The van der Waals surface area contributed by atoms with Crippen molar-refractivity contribution in [1.82, 2.24) is 14.3 Å². The number of aryl methyl sites for hydroxylation is 2. The van der Waals surface area contributed by atoms with E-state index in [0.29, 0.717) is 26.1 Å². The van der Waals surface area contributed by atoms with Crippen LogP contribution in [0.25, 0.3) is 16.9 Å². The van der Waals surface area contributed by atoms with Gasteiger partial charge in [0.25, 0.3) is 0 Å². The number of methoxy groups -OCH3 is 1. The Kier molecular flexibility index (Phi) is 5.99. The summed E-state index contributed by atoms with van der Waals surface area (Å²) in [5, 5.41) is 5.73. The molecule has 1 saturated heterocycles. The molecule has 2 aromatic heterocycles. The Balaban J connectivity index is 1.74. The van der Waals surface area contributed by atoms with Crippen LogP contribution >= 0.6 is 11.9 Å². The number of imidazole rings is 1. The largest absolute Gasteiger partial charge is 0.453 e. The summed E-state index contributed by atoms with van der Waals surface area (Å²) in [6, 6.07) is 10.3. The Hall–Kier alpha value is -2.55. The van der Waals surface area contributed by atoms with Crippen LogP contribution in [-0.4, -0.2) is 53.3 Å². The van der Waals surface area contributed by atoms with Gasteiger partial charge in [-0.15, -0.1) is 0 Å². The fraction of sp³-hybridized carbons (Fsp3) is 0.364. The molecule has 1 atom stereocenters. The molecule has 7 nitrogen and oxygen atoms in total. The number of hydrogen-bond acceptors (Lipinski definition) is 6. The molecule has 3 heterocycles. The predicted octanol–water partition coefficient (Wildman–Crippen LogP) is 3.59. The molecule has 1 amide bonds. The van der Waals surface area contributed by atoms with E-state index in [0.717, 1.165) is 38.6 Å². The Morgan fingerprint density at radius 1 is 1.33 bits per heavy atom. The van der Waals surface area contributed by atoms with Gasteiger partial charge in [0.2, 0.25) is 0 Å². The summed E-state index contributed by atoms with van der Waals surface area (Å²) in [6.07, 6.45) is 2.25. The lowest BCUT2D eigenvalue weighted by atomic mass is 10.0. The summed E-state index contributed by atoms with van der Waals surface area (Å²) in [4.78, 5) is 19.6. The van der Waals surface area contributed by atoms with E-state index in [4.69, 9.17) is 19.6 Å². The normalized spacial score (nSPS) is 16.8. The summed E-state index contributed by atoms with van der Waals surface area (Å²) in [5.74, 6) is 0. The second-order valence-corrected chi connectivity index (χ2v) is 8.25. The summed E-state index contributed by atoms with van der Waals surface area (Å²) in [5.41, 5.74) is 6.25. The Morgan fingerprint density at radius 2 is 2.17 bits per heavy atom. The van der Waals surface area contributed by atoms with Crippen LogP contribution in [0.5, 0.6) is 0 Å². The van der Waals surface area contributed by atoms with Gasteiger partial charge in [-0.25, -0.2) is 9.78 Å². The number of benzene rings is 1. The average Bonchev–Trinajstić information content (AvgIpc) is 3.10. The summed E-state index contributed by atoms with van der Waals surface area (Å²) >= 11 is 1.24. The molecule has 1 unspecified atom stereocenters. The number of rotatable bonds is 4. The van der Waals surface area contributed by atoms with Gasteiger partial charge >= 0.3 is 6.09 Å². The number of hydrogen-bond donors (Lipinski definition) is 1. The van der Waals surface area contributed by atoms with Crippen molar-refractivity contribution in [1.29, 1.82) is 0 Å². The maximum absolute atomic E-state index is 12.0. The van der Waals surface area contributed by atoms with Crippen molar-refractivity contribution in [2.24, 2.45) is 5.14 Å². The molecule has 158 valence electrons. The van der Waals surface area contributed by atoms with E-state index in [1.54, 1.807) is 4.90 Å². The highest BCUT2D eigenvalue weighted by molar-refractivity contribution is 7.97. The number of aromatic nitrogens is 2. The van der Waals surface area contributed by atoms with Crippen molar-refractivity contribution in [2.45, 2.75) is 31.3 Å². The minimum atomic E-state index is -0.317. The lowest BCUT2D eigenvalue weighted by Crippen LogP contribution is -2.46. The third kappa shape index (κ3) is 4.03. The average molecular weight is 427 g/mol. The van der Waals surface area contributed by atoms with Gasteiger partial charge < -0.3 is 18.8 Å². The molecule has 3 aromatic rings. The molecule has 4 rings (SSSR count). The van der Waals surface area contributed by atoms with Gasteiger partial charge in [0.05, 0.1) is 37.8 Å². The summed E-state index contributed by atoms with van der Waals surface area (Å²) in [6.45, 7) is 5.66. The molecule has 0 radical (unpaired) electrons. The number of fused-ring (bicyclic) bond motifs is 1. The Bertz CT molecular complexity index is 1080. The lowest BCUT2D eigenvalue weighted by molar-refractivity contribution is -0.0241. The van der Waals surface area contributed by atoms with Gasteiger partial charge in [-0.2, -0.15) is 0 Å². The topological polar surface area (TPSA) is 82.1 Å². The zero-order valence-corrected chi connectivity index (χ0v) is 18.2. The molecule has 0 spiro atoms. The summed E-state index contributed by atoms with van der Waals surface area (Å²) in [7, 11) is 1.41. The molecule has 0 saturated carbocycles. The number of carbonyl (C=O) groups excluding carboxylic acids is 1. The predicted molar refractivity (Wildman–Crippen MR) is 118 cm³/mol. The first-order valence-electron chi connectivity index (χ1n) is 9.90. The molecule has 30 heavy (non-hydrogen) atoms. The molecular formula is C22H26N4O3S. The zero-order chi connectivity index (χ0) is 21.3. The monoisotopic (exact) mass is 426 g/mol. The van der Waals surface area contributed by atoms with E-state index in [1.165, 1.54) is 19.1 Å². The number of nitrogens with zero attached hydrogens (tertiary/aromatic N) is 3. The first-order valence-corrected chi connectivity index (χ1v) is 10.8. The standard InChI is InChI=1S/C22H26N4O3S/c1-14-6-7-26-19(12-16-13-25(8-9-29-16)22(27)28-3)21(24-20(26)10-14)18-5-4-17(30-23)11-15(18)2/h4-7,10-11,16H,8-9,12-13,23H2,1-3H3. The van der Waals surface area contributed by atoms with E-state index in [-0.39, 0.29) is 12.2 Å². The number of carbonyl (C=O) groups is 1. The van der Waals surface area contributed by atoms with Crippen molar-refractivity contribution < 1.29 is 14.3 Å². The van der Waals surface area contributed by atoms with Crippen molar-refractivity contribution in [2.75, 3.05) is 26.8 Å². The van der Waals surface area contributed by atoms with E-state index in [1.807, 2.05) is 6.07 Å². The fourth-order valence-corrected chi connectivity index (χ4v) is 4.33. The van der Waals surface area contributed by atoms with Gasteiger partial charge in [0, 0.05) is 29.6 Å². The molecule has 0 bridgehead atoms. The molecule has 8 heteroatoms.